The zero-order chi connectivity index (χ0) is 16.7. The summed E-state index contributed by atoms with van der Waals surface area (Å²) >= 11 is 0. The van der Waals surface area contributed by atoms with Gasteiger partial charge in [-0.05, 0) is 31.6 Å². The van der Waals surface area contributed by atoms with Gasteiger partial charge in [-0.1, -0.05) is 13.8 Å². The van der Waals surface area contributed by atoms with Crippen molar-refractivity contribution in [3.05, 3.63) is 23.9 Å². The molecule has 1 amide bonds. The summed E-state index contributed by atoms with van der Waals surface area (Å²) < 4.78 is 0. The van der Waals surface area contributed by atoms with Crippen LogP contribution in [0.5, 0.6) is 0 Å². The quantitative estimate of drug-likeness (QED) is 0.820. The van der Waals surface area contributed by atoms with E-state index in [-0.39, 0.29) is 5.91 Å². The Morgan fingerprint density at radius 2 is 2.09 bits per heavy atom. The van der Waals surface area contributed by atoms with Crippen molar-refractivity contribution < 1.29 is 4.79 Å². The number of anilines is 1. The number of nitrogens with zero attached hydrogens (tertiary/aromatic N) is 5. The lowest BCUT2D eigenvalue weighted by Gasteiger charge is -2.25. The Balaban J connectivity index is 2.00. The van der Waals surface area contributed by atoms with E-state index in [1.807, 2.05) is 4.90 Å². The maximum absolute atomic E-state index is 12.4. The van der Waals surface area contributed by atoms with E-state index in [4.69, 9.17) is 0 Å². The van der Waals surface area contributed by atoms with Crippen LogP contribution in [0.25, 0.3) is 0 Å². The molecule has 0 saturated carbocycles. The van der Waals surface area contributed by atoms with Gasteiger partial charge in [0.2, 0.25) is 5.91 Å². The summed E-state index contributed by atoms with van der Waals surface area (Å²) in [6, 6.07) is 5.76. The molecule has 0 spiro atoms. The number of carbonyl (C=O) groups excluding carboxylic acids is 1. The third-order valence-electron chi connectivity index (χ3n) is 4.31. The van der Waals surface area contributed by atoms with Crippen molar-refractivity contribution in [1.29, 1.82) is 5.26 Å². The Morgan fingerprint density at radius 1 is 1.30 bits per heavy atom. The molecule has 1 saturated heterocycles. The van der Waals surface area contributed by atoms with Crippen molar-refractivity contribution in [2.75, 3.05) is 50.7 Å². The molecule has 0 radical (unpaired) electrons. The predicted molar refractivity (Wildman–Crippen MR) is 90.2 cm³/mol. The molecule has 0 aliphatic carbocycles. The number of aromatic nitrogens is 1. The van der Waals surface area contributed by atoms with E-state index in [0.717, 1.165) is 45.0 Å². The van der Waals surface area contributed by atoms with Crippen LogP contribution in [0.3, 0.4) is 0 Å². The molecule has 6 nitrogen and oxygen atoms in total. The van der Waals surface area contributed by atoms with Crippen LogP contribution < -0.4 is 4.90 Å². The SMILES string of the molecule is CCN(CC)CC(=O)N1CCCN(c2ncccc2C#N)CC1. The van der Waals surface area contributed by atoms with Crippen LogP contribution >= 0.6 is 0 Å². The summed E-state index contributed by atoms with van der Waals surface area (Å²) in [6.45, 7) is 9.41. The predicted octanol–water partition coefficient (Wildman–Crippen LogP) is 1.33. The number of amides is 1. The molecule has 0 atom stereocenters. The maximum Gasteiger partial charge on any atom is 0.236 e. The number of rotatable bonds is 5. The summed E-state index contributed by atoms with van der Waals surface area (Å²) in [5.41, 5.74) is 0.593. The van der Waals surface area contributed by atoms with Crippen molar-refractivity contribution in [2.24, 2.45) is 0 Å². The smallest absolute Gasteiger partial charge is 0.236 e. The lowest BCUT2D eigenvalue weighted by molar-refractivity contribution is -0.132. The Bertz CT molecular complexity index is 564. The highest BCUT2D eigenvalue weighted by molar-refractivity contribution is 5.78. The molecule has 6 heteroatoms. The van der Waals surface area contributed by atoms with Crippen molar-refractivity contribution >= 4 is 11.7 Å². The molecule has 2 rings (SSSR count). The van der Waals surface area contributed by atoms with Gasteiger partial charge in [-0.15, -0.1) is 0 Å². The van der Waals surface area contributed by atoms with Crippen LogP contribution in [-0.2, 0) is 4.79 Å². The van der Waals surface area contributed by atoms with Gasteiger partial charge >= 0.3 is 0 Å². The van der Waals surface area contributed by atoms with E-state index < -0.39 is 0 Å². The first-order chi connectivity index (χ1) is 11.2. The first kappa shape index (κ1) is 17.2. The lowest BCUT2D eigenvalue weighted by atomic mass is 10.2. The fourth-order valence-corrected chi connectivity index (χ4v) is 2.85. The highest BCUT2D eigenvalue weighted by atomic mass is 16.2. The van der Waals surface area contributed by atoms with Crippen LogP contribution in [-0.4, -0.2) is 66.5 Å². The lowest BCUT2D eigenvalue weighted by Crippen LogP contribution is -2.42. The minimum absolute atomic E-state index is 0.192. The summed E-state index contributed by atoms with van der Waals surface area (Å²) in [5.74, 6) is 0.921. The number of nitriles is 1. The van der Waals surface area contributed by atoms with Crippen LogP contribution in [0.15, 0.2) is 18.3 Å². The molecule has 1 fully saturated rings. The molecule has 0 unspecified atom stereocenters. The third-order valence-corrected chi connectivity index (χ3v) is 4.31. The summed E-state index contributed by atoms with van der Waals surface area (Å²) in [5, 5.41) is 9.23. The molecule has 1 aliphatic rings. The van der Waals surface area contributed by atoms with Crippen LogP contribution in [0.1, 0.15) is 25.8 Å². The number of hydrogen-bond donors (Lipinski definition) is 0. The number of carbonyl (C=O) groups is 1. The molecular weight excluding hydrogens is 290 g/mol. The minimum Gasteiger partial charge on any atom is -0.354 e. The van der Waals surface area contributed by atoms with Gasteiger partial charge in [0, 0.05) is 32.4 Å². The average Bonchev–Trinajstić information content (AvgIpc) is 2.85. The molecule has 1 aromatic heterocycles. The van der Waals surface area contributed by atoms with E-state index >= 15 is 0 Å². The van der Waals surface area contributed by atoms with Crippen molar-refractivity contribution in [2.45, 2.75) is 20.3 Å². The van der Waals surface area contributed by atoms with Gasteiger partial charge in [0.25, 0.3) is 0 Å². The van der Waals surface area contributed by atoms with Gasteiger partial charge in [-0.3, -0.25) is 9.69 Å². The van der Waals surface area contributed by atoms with Crippen molar-refractivity contribution in [3.63, 3.8) is 0 Å². The number of pyridine rings is 1. The second-order valence-corrected chi connectivity index (χ2v) is 5.67. The van der Waals surface area contributed by atoms with E-state index in [1.165, 1.54) is 0 Å². The normalized spacial score (nSPS) is 15.4. The Morgan fingerprint density at radius 3 is 2.78 bits per heavy atom. The summed E-state index contributed by atoms with van der Waals surface area (Å²) in [6.07, 6.45) is 2.61. The Labute approximate surface area is 138 Å². The fraction of sp³-hybridized carbons (Fsp3) is 0.588. The standard InChI is InChI=1S/C17H25N5O/c1-3-20(4-2)14-16(23)21-9-6-10-22(12-11-21)17-15(13-18)7-5-8-19-17/h5,7-8H,3-4,6,9-12,14H2,1-2H3. The van der Waals surface area contributed by atoms with Crippen LogP contribution in [0.2, 0.25) is 0 Å². The fourth-order valence-electron chi connectivity index (χ4n) is 2.85. The van der Waals surface area contributed by atoms with E-state index in [1.54, 1.807) is 18.3 Å². The largest absolute Gasteiger partial charge is 0.354 e. The minimum atomic E-state index is 0.192. The molecule has 0 bridgehead atoms. The van der Waals surface area contributed by atoms with Gasteiger partial charge in [0.05, 0.1) is 12.1 Å². The molecule has 0 aromatic carbocycles. The molecule has 124 valence electrons. The Kier molecular flexibility index (Phi) is 6.36. The topological polar surface area (TPSA) is 63.5 Å². The first-order valence-electron chi connectivity index (χ1n) is 8.29. The molecule has 1 aliphatic heterocycles. The maximum atomic E-state index is 12.4. The molecule has 0 N–H and O–H groups in total. The highest BCUT2D eigenvalue weighted by Crippen LogP contribution is 2.18. The molecule has 1 aromatic rings. The third kappa shape index (κ3) is 4.42. The van der Waals surface area contributed by atoms with E-state index in [2.05, 4.69) is 34.7 Å². The monoisotopic (exact) mass is 315 g/mol. The van der Waals surface area contributed by atoms with Gasteiger partial charge in [-0.25, -0.2) is 4.98 Å². The second kappa shape index (κ2) is 8.49. The molecule has 23 heavy (non-hydrogen) atoms. The van der Waals surface area contributed by atoms with Gasteiger partial charge in [-0.2, -0.15) is 5.26 Å². The van der Waals surface area contributed by atoms with Gasteiger partial charge in [0.15, 0.2) is 0 Å². The van der Waals surface area contributed by atoms with Crippen LogP contribution in [0, 0.1) is 11.3 Å². The number of likely N-dealkylation sites (N-methyl/N-ethyl adjacent to an activating group) is 1. The van der Waals surface area contributed by atoms with Gasteiger partial charge < -0.3 is 9.80 Å². The first-order valence-corrected chi connectivity index (χ1v) is 8.29. The van der Waals surface area contributed by atoms with Crippen molar-refractivity contribution in [3.8, 4) is 6.07 Å². The summed E-state index contributed by atoms with van der Waals surface area (Å²) in [7, 11) is 0. The highest BCUT2D eigenvalue weighted by Gasteiger charge is 2.22. The van der Waals surface area contributed by atoms with E-state index in [0.29, 0.717) is 18.7 Å². The molecule has 2 heterocycles. The zero-order valence-corrected chi connectivity index (χ0v) is 14.0. The van der Waals surface area contributed by atoms with E-state index in [9.17, 15) is 10.1 Å². The van der Waals surface area contributed by atoms with Crippen LogP contribution in [0.4, 0.5) is 5.82 Å². The zero-order valence-electron chi connectivity index (χ0n) is 14.0. The summed E-state index contributed by atoms with van der Waals surface area (Å²) in [4.78, 5) is 23.0. The molecular formula is C17H25N5O. The van der Waals surface area contributed by atoms with Crippen molar-refractivity contribution in [1.82, 2.24) is 14.8 Å². The Hall–Kier alpha value is -2.13. The average molecular weight is 315 g/mol. The van der Waals surface area contributed by atoms with Gasteiger partial charge in [0.1, 0.15) is 11.9 Å². The second-order valence-electron chi connectivity index (χ2n) is 5.67. The number of hydrogen-bond acceptors (Lipinski definition) is 5.